The highest BCUT2D eigenvalue weighted by molar-refractivity contribution is 5.78. The van der Waals surface area contributed by atoms with Crippen LogP contribution in [-0.4, -0.2) is 28.8 Å². The average molecular weight is 329 g/mol. The largest absolute Gasteiger partial charge is 0.468 e. The number of nitrogens with one attached hydrogen (secondary N) is 1. The van der Waals surface area contributed by atoms with E-state index in [0.717, 1.165) is 0 Å². The second-order valence-corrected chi connectivity index (χ2v) is 4.77. The lowest BCUT2D eigenvalue weighted by molar-refractivity contribution is -0.154. The molecule has 2 aromatic heterocycles. The zero-order valence-electron chi connectivity index (χ0n) is 12.2. The zero-order valence-corrected chi connectivity index (χ0v) is 12.2. The summed E-state index contributed by atoms with van der Waals surface area (Å²) in [6, 6.07) is 2.92. The lowest BCUT2D eigenvalue weighted by atomic mass is 10.2. The summed E-state index contributed by atoms with van der Waals surface area (Å²) in [4.78, 5) is 15.5. The summed E-state index contributed by atoms with van der Waals surface area (Å²) in [6.07, 6.45) is -1.54. The number of nitrogens with zero attached hydrogens (tertiary/aromatic N) is 2. The molecular formula is C14H14F3N3O3. The topological polar surface area (TPSA) is 77.3 Å². The van der Waals surface area contributed by atoms with Crippen LogP contribution >= 0.6 is 0 Å². The number of hydrogen-bond acceptors (Lipinski definition) is 5. The Kier molecular flexibility index (Phi) is 5.20. The molecule has 0 fully saturated rings. The quantitative estimate of drug-likeness (QED) is 0.879. The number of rotatable bonds is 6. The van der Waals surface area contributed by atoms with Crippen LogP contribution in [0.1, 0.15) is 16.9 Å². The Labute approximate surface area is 129 Å². The number of halogens is 3. The summed E-state index contributed by atoms with van der Waals surface area (Å²) in [5.74, 6) is 0.154. The fourth-order valence-electron chi connectivity index (χ4n) is 1.72. The van der Waals surface area contributed by atoms with Gasteiger partial charge in [0.25, 0.3) is 0 Å². The van der Waals surface area contributed by atoms with Crippen molar-refractivity contribution in [2.24, 2.45) is 0 Å². The van der Waals surface area contributed by atoms with Crippen LogP contribution in [0.5, 0.6) is 5.88 Å². The zero-order chi connectivity index (χ0) is 16.9. The van der Waals surface area contributed by atoms with Gasteiger partial charge in [-0.25, -0.2) is 4.98 Å². The molecule has 1 N–H and O–H groups in total. The van der Waals surface area contributed by atoms with Gasteiger partial charge in [0.05, 0.1) is 12.6 Å². The number of pyridine rings is 1. The molecule has 0 aliphatic heterocycles. The van der Waals surface area contributed by atoms with E-state index >= 15 is 0 Å². The van der Waals surface area contributed by atoms with Gasteiger partial charge in [0.15, 0.2) is 6.61 Å². The van der Waals surface area contributed by atoms with Crippen LogP contribution < -0.4 is 10.1 Å². The summed E-state index contributed by atoms with van der Waals surface area (Å²) in [6.45, 7) is 0.430. The fourth-order valence-corrected chi connectivity index (χ4v) is 1.72. The van der Waals surface area contributed by atoms with Gasteiger partial charge in [-0.2, -0.15) is 13.2 Å². The summed E-state index contributed by atoms with van der Waals surface area (Å²) in [5.41, 5.74) is 1.25. The molecule has 0 radical (unpaired) electrons. The molecule has 0 aromatic carbocycles. The van der Waals surface area contributed by atoms with E-state index in [9.17, 15) is 18.0 Å². The maximum atomic E-state index is 12.1. The van der Waals surface area contributed by atoms with E-state index < -0.39 is 12.8 Å². The predicted octanol–water partition coefficient (Wildman–Crippen LogP) is 2.18. The molecule has 1 amide bonds. The Balaban J connectivity index is 1.85. The fraction of sp³-hybridized carbons (Fsp3) is 0.357. The van der Waals surface area contributed by atoms with E-state index in [1.54, 1.807) is 13.0 Å². The van der Waals surface area contributed by atoms with Crippen molar-refractivity contribution in [2.45, 2.75) is 26.1 Å². The molecule has 2 rings (SSSR count). The SMILES string of the molecule is Cc1oncc1CC(=O)NCc1ccnc(OCC(F)(F)F)c1. The molecule has 0 spiro atoms. The third-order valence-electron chi connectivity index (χ3n) is 2.87. The molecule has 23 heavy (non-hydrogen) atoms. The molecule has 0 aliphatic rings. The first kappa shape index (κ1) is 16.8. The molecule has 2 heterocycles. The normalized spacial score (nSPS) is 11.3. The third kappa shape index (κ3) is 5.61. The van der Waals surface area contributed by atoms with Crippen LogP contribution in [0.25, 0.3) is 0 Å². The van der Waals surface area contributed by atoms with Crippen LogP contribution in [0.2, 0.25) is 0 Å². The Morgan fingerprint density at radius 1 is 1.43 bits per heavy atom. The summed E-state index contributed by atoms with van der Waals surface area (Å²) in [5, 5.41) is 6.22. The minimum Gasteiger partial charge on any atom is -0.468 e. The average Bonchev–Trinajstić information content (AvgIpc) is 2.88. The lowest BCUT2D eigenvalue weighted by Crippen LogP contribution is -2.24. The van der Waals surface area contributed by atoms with Gasteiger partial charge in [0, 0.05) is 24.4 Å². The van der Waals surface area contributed by atoms with E-state index in [1.165, 1.54) is 18.5 Å². The van der Waals surface area contributed by atoms with Gasteiger partial charge in [-0.15, -0.1) is 0 Å². The van der Waals surface area contributed by atoms with Crippen molar-refractivity contribution in [2.75, 3.05) is 6.61 Å². The van der Waals surface area contributed by atoms with Crippen LogP contribution in [-0.2, 0) is 17.8 Å². The molecule has 6 nitrogen and oxygen atoms in total. The van der Waals surface area contributed by atoms with E-state index in [0.29, 0.717) is 16.9 Å². The highest BCUT2D eigenvalue weighted by Gasteiger charge is 2.28. The first-order valence-corrected chi connectivity index (χ1v) is 6.65. The molecule has 0 aliphatic carbocycles. The Morgan fingerprint density at radius 3 is 2.87 bits per heavy atom. The molecule has 9 heteroatoms. The summed E-state index contributed by atoms with van der Waals surface area (Å²) >= 11 is 0. The van der Waals surface area contributed by atoms with Crippen LogP contribution in [0.15, 0.2) is 29.0 Å². The van der Waals surface area contributed by atoms with Crippen molar-refractivity contribution < 1.29 is 27.2 Å². The highest BCUT2D eigenvalue weighted by atomic mass is 19.4. The first-order chi connectivity index (χ1) is 10.8. The molecule has 0 saturated carbocycles. The van der Waals surface area contributed by atoms with Crippen molar-refractivity contribution in [1.82, 2.24) is 15.5 Å². The van der Waals surface area contributed by atoms with E-state index in [1.807, 2.05) is 0 Å². The number of aromatic nitrogens is 2. The molecule has 0 saturated heterocycles. The Hall–Kier alpha value is -2.58. The Bertz CT molecular complexity index is 671. The van der Waals surface area contributed by atoms with Gasteiger partial charge >= 0.3 is 6.18 Å². The van der Waals surface area contributed by atoms with Gasteiger partial charge in [-0.3, -0.25) is 4.79 Å². The van der Waals surface area contributed by atoms with Gasteiger partial charge in [-0.05, 0) is 18.6 Å². The van der Waals surface area contributed by atoms with Crippen molar-refractivity contribution in [3.05, 3.63) is 41.4 Å². The monoisotopic (exact) mass is 329 g/mol. The molecule has 0 atom stereocenters. The number of aryl methyl sites for hydroxylation is 1. The number of carbonyl (C=O) groups excluding carboxylic acids is 1. The maximum Gasteiger partial charge on any atom is 0.422 e. The predicted molar refractivity (Wildman–Crippen MR) is 72.6 cm³/mol. The van der Waals surface area contributed by atoms with Gasteiger partial charge in [0.2, 0.25) is 11.8 Å². The van der Waals surface area contributed by atoms with Gasteiger partial charge in [-0.1, -0.05) is 5.16 Å². The van der Waals surface area contributed by atoms with E-state index in [4.69, 9.17) is 4.52 Å². The van der Waals surface area contributed by atoms with Gasteiger partial charge in [0.1, 0.15) is 5.76 Å². The van der Waals surface area contributed by atoms with E-state index in [-0.39, 0.29) is 24.8 Å². The minimum atomic E-state index is -4.43. The first-order valence-electron chi connectivity index (χ1n) is 6.65. The third-order valence-corrected chi connectivity index (χ3v) is 2.87. The molecule has 2 aromatic rings. The smallest absolute Gasteiger partial charge is 0.422 e. The lowest BCUT2D eigenvalue weighted by Gasteiger charge is -2.09. The summed E-state index contributed by atoms with van der Waals surface area (Å²) < 4.78 is 45.7. The van der Waals surface area contributed by atoms with Crippen molar-refractivity contribution in [1.29, 1.82) is 0 Å². The standard InChI is InChI=1S/C14H14F3N3O3/c1-9-11(7-20-23-9)5-12(21)19-6-10-2-3-18-13(4-10)22-8-14(15,16)17/h2-4,7H,5-6,8H2,1H3,(H,19,21). The van der Waals surface area contributed by atoms with E-state index in [2.05, 4.69) is 20.2 Å². The highest BCUT2D eigenvalue weighted by Crippen LogP contribution is 2.17. The van der Waals surface area contributed by atoms with Crippen molar-refractivity contribution >= 4 is 5.91 Å². The van der Waals surface area contributed by atoms with Crippen molar-refractivity contribution in [3.8, 4) is 5.88 Å². The molecule has 0 bridgehead atoms. The van der Waals surface area contributed by atoms with Crippen LogP contribution in [0.4, 0.5) is 13.2 Å². The number of carbonyl (C=O) groups is 1. The number of hydrogen-bond donors (Lipinski definition) is 1. The molecular weight excluding hydrogens is 315 g/mol. The van der Waals surface area contributed by atoms with Crippen molar-refractivity contribution in [3.63, 3.8) is 0 Å². The second kappa shape index (κ2) is 7.12. The van der Waals surface area contributed by atoms with Crippen LogP contribution in [0.3, 0.4) is 0 Å². The Morgan fingerprint density at radius 2 is 2.22 bits per heavy atom. The number of alkyl halides is 3. The second-order valence-electron chi connectivity index (χ2n) is 4.77. The molecule has 124 valence electrons. The number of amides is 1. The summed E-state index contributed by atoms with van der Waals surface area (Å²) in [7, 11) is 0. The van der Waals surface area contributed by atoms with Crippen LogP contribution in [0, 0.1) is 6.92 Å². The van der Waals surface area contributed by atoms with Gasteiger partial charge < -0.3 is 14.6 Å². The number of ether oxygens (including phenoxy) is 1. The maximum absolute atomic E-state index is 12.1. The minimum absolute atomic E-state index is 0.109. The molecule has 0 unspecified atom stereocenters.